The van der Waals surface area contributed by atoms with E-state index < -0.39 is 0 Å². The van der Waals surface area contributed by atoms with Gasteiger partial charge in [-0.05, 0) is 63.5 Å². The molecule has 130 valence electrons. The SMILES string of the molecule is CCCn1c(C)cc(/C=C(\C#N)C(=O)Nc2ccc(C)cc2C)c1C. The fraction of sp³-hybridized carbons (Fsp3) is 0.333. The first-order valence-corrected chi connectivity index (χ1v) is 8.54. The Morgan fingerprint density at radius 1 is 1.24 bits per heavy atom. The van der Waals surface area contributed by atoms with E-state index in [1.165, 1.54) is 0 Å². The number of nitrogens with zero attached hydrogens (tertiary/aromatic N) is 2. The average Bonchev–Trinajstić information content (AvgIpc) is 2.83. The molecule has 0 saturated carbocycles. The van der Waals surface area contributed by atoms with Crippen LogP contribution in [0.3, 0.4) is 0 Å². The molecular formula is C21H25N3O. The molecule has 0 atom stereocenters. The smallest absolute Gasteiger partial charge is 0.266 e. The van der Waals surface area contributed by atoms with Crippen molar-refractivity contribution < 1.29 is 4.79 Å². The molecule has 25 heavy (non-hydrogen) atoms. The molecule has 4 nitrogen and oxygen atoms in total. The maximum atomic E-state index is 12.5. The van der Waals surface area contributed by atoms with Gasteiger partial charge in [-0.2, -0.15) is 5.26 Å². The molecule has 0 aliphatic carbocycles. The summed E-state index contributed by atoms with van der Waals surface area (Å²) in [6, 6.07) is 9.86. The zero-order chi connectivity index (χ0) is 18.6. The van der Waals surface area contributed by atoms with Gasteiger partial charge < -0.3 is 9.88 Å². The van der Waals surface area contributed by atoms with Gasteiger partial charge in [-0.3, -0.25) is 4.79 Å². The van der Waals surface area contributed by atoms with Crippen LogP contribution >= 0.6 is 0 Å². The fourth-order valence-electron chi connectivity index (χ4n) is 2.99. The van der Waals surface area contributed by atoms with Crippen molar-refractivity contribution in [3.8, 4) is 6.07 Å². The van der Waals surface area contributed by atoms with Crippen LogP contribution < -0.4 is 5.32 Å². The Labute approximate surface area is 149 Å². The highest BCUT2D eigenvalue weighted by Gasteiger charge is 2.13. The molecule has 0 unspecified atom stereocenters. The van der Waals surface area contributed by atoms with Gasteiger partial charge in [-0.1, -0.05) is 24.6 Å². The van der Waals surface area contributed by atoms with Crippen molar-refractivity contribution in [2.75, 3.05) is 5.32 Å². The highest BCUT2D eigenvalue weighted by Crippen LogP contribution is 2.20. The van der Waals surface area contributed by atoms with Crippen molar-refractivity contribution in [1.82, 2.24) is 4.57 Å². The first-order valence-electron chi connectivity index (χ1n) is 8.54. The number of nitrogens with one attached hydrogen (secondary N) is 1. The molecule has 0 radical (unpaired) electrons. The summed E-state index contributed by atoms with van der Waals surface area (Å²) in [5.41, 5.74) is 6.08. The second kappa shape index (κ2) is 7.85. The van der Waals surface area contributed by atoms with Gasteiger partial charge in [0.15, 0.2) is 0 Å². The number of carbonyl (C=O) groups is 1. The van der Waals surface area contributed by atoms with Crippen molar-refractivity contribution in [3.05, 3.63) is 57.9 Å². The lowest BCUT2D eigenvalue weighted by atomic mass is 10.1. The van der Waals surface area contributed by atoms with Crippen LogP contribution in [0.5, 0.6) is 0 Å². The number of hydrogen-bond donors (Lipinski definition) is 1. The highest BCUT2D eigenvalue weighted by molar-refractivity contribution is 6.10. The number of hydrogen-bond acceptors (Lipinski definition) is 2. The third kappa shape index (κ3) is 4.19. The van der Waals surface area contributed by atoms with E-state index in [0.717, 1.165) is 46.7 Å². The van der Waals surface area contributed by atoms with E-state index in [2.05, 4.69) is 16.8 Å². The van der Waals surface area contributed by atoms with Gasteiger partial charge in [0.1, 0.15) is 11.6 Å². The van der Waals surface area contributed by atoms with Crippen molar-refractivity contribution >= 4 is 17.7 Å². The Balaban J connectivity index is 2.30. The molecule has 1 N–H and O–H groups in total. The monoisotopic (exact) mass is 335 g/mol. The number of benzene rings is 1. The predicted molar refractivity (Wildman–Crippen MR) is 102 cm³/mol. The van der Waals surface area contributed by atoms with Crippen LogP contribution in [-0.4, -0.2) is 10.5 Å². The number of aromatic nitrogens is 1. The summed E-state index contributed by atoms with van der Waals surface area (Å²) < 4.78 is 2.21. The minimum absolute atomic E-state index is 0.108. The van der Waals surface area contributed by atoms with Crippen molar-refractivity contribution in [2.45, 2.75) is 47.6 Å². The first-order chi connectivity index (χ1) is 11.9. The summed E-state index contributed by atoms with van der Waals surface area (Å²) in [4.78, 5) is 12.5. The molecule has 0 bridgehead atoms. The third-order valence-corrected chi connectivity index (χ3v) is 4.36. The Hall–Kier alpha value is -2.80. The Morgan fingerprint density at radius 2 is 1.96 bits per heavy atom. The fourth-order valence-corrected chi connectivity index (χ4v) is 2.99. The van der Waals surface area contributed by atoms with E-state index >= 15 is 0 Å². The van der Waals surface area contributed by atoms with E-state index in [9.17, 15) is 10.1 Å². The van der Waals surface area contributed by atoms with Gasteiger partial charge in [0.25, 0.3) is 5.91 Å². The zero-order valence-electron chi connectivity index (χ0n) is 15.6. The van der Waals surface area contributed by atoms with Crippen LogP contribution in [0.2, 0.25) is 0 Å². The van der Waals surface area contributed by atoms with Gasteiger partial charge in [-0.15, -0.1) is 0 Å². The minimum atomic E-state index is -0.380. The van der Waals surface area contributed by atoms with Gasteiger partial charge in [-0.25, -0.2) is 0 Å². The Kier molecular flexibility index (Phi) is 5.82. The summed E-state index contributed by atoms with van der Waals surface area (Å²) in [6.45, 7) is 11.1. The molecule has 4 heteroatoms. The molecule has 2 aromatic rings. The van der Waals surface area contributed by atoms with E-state index in [1.54, 1.807) is 6.08 Å². The molecule has 0 saturated heterocycles. The number of carbonyl (C=O) groups excluding carboxylic acids is 1. The van der Waals surface area contributed by atoms with Crippen molar-refractivity contribution in [3.63, 3.8) is 0 Å². The molecule has 1 amide bonds. The summed E-state index contributed by atoms with van der Waals surface area (Å²) in [7, 11) is 0. The quantitative estimate of drug-likeness (QED) is 0.637. The summed E-state index contributed by atoms with van der Waals surface area (Å²) >= 11 is 0. The zero-order valence-corrected chi connectivity index (χ0v) is 15.6. The van der Waals surface area contributed by atoms with Crippen LogP contribution in [0.15, 0.2) is 29.8 Å². The van der Waals surface area contributed by atoms with Crippen molar-refractivity contribution in [1.29, 1.82) is 5.26 Å². The Morgan fingerprint density at radius 3 is 2.56 bits per heavy atom. The van der Waals surface area contributed by atoms with Crippen LogP contribution in [0.1, 0.15) is 41.4 Å². The van der Waals surface area contributed by atoms with Gasteiger partial charge >= 0.3 is 0 Å². The molecular weight excluding hydrogens is 310 g/mol. The van der Waals surface area contributed by atoms with E-state index in [-0.39, 0.29) is 11.5 Å². The van der Waals surface area contributed by atoms with E-state index in [0.29, 0.717) is 0 Å². The molecule has 0 aliphatic rings. The number of amides is 1. The second-order valence-corrected chi connectivity index (χ2v) is 6.42. The topological polar surface area (TPSA) is 57.8 Å². The molecule has 0 spiro atoms. The summed E-state index contributed by atoms with van der Waals surface area (Å²) in [5, 5.41) is 12.3. The van der Waals surface area contributed by atoms with Crippen LogP contribution in [0.4, 0.5) is 5.69 Å². The lowest BCUT2D eigenvalue weighted by Gasteiger charge is -2.09. The average molecular weight is 335 g/mol. The van der Waals surface area contributed by atoms with E-state index in [4.69, 9.17) is 0 Å². The molecule has 0 aliphatic heterocycles. The van der Waals surface area contributed by atoms with Gasteiger partial charge in [0.05, 0.1) is 0 Å². The molecule has 1 heterocycles. The number of anilines is 1. The first kappa shape index (κ1) is 18.5. The van der Waals surface area contributed by atoms with E-state index in [1.807, 2.05) is 58.0 Å². The van der Waals surface area contributed by atoms with Crippen LogP contribution in [-0.2, 0) is 11.3 Å². The molecule has 1 aromatic carbocycles. The standard InChI is InChI=1S/C21H25N3O/c1-6-9-24-16(4)11-18(17(24)5)12-19(13-22)21(25)23-20-8-7-14(2)10-15(20)3/h7-8,10-12H,6,9H2,1-5H3,(H,23,25)/b19-12+. The molecule has 0 fully saturated rings. The predicted octanol–water partition coefficient (Wildman–Crippen LogP) is 4.68. The van der Waals surface area contributed by atoms with Crippen LogP contribution in [0, 0.1) is 39.0 Å². The third-order valence-electron chi connectivity index (χ3n) is 4.36. The largest absolute Gasteiger partial charge is 0.349 e. The van der Waals surface area contributed by atoms with Crippen LogP contribution in [0.25, 0.3) is 6.08 Å². The van der Waals surface area contributed by atoms with Gasteiger partial charge in [0.2, 0.25) is 0 Å². The maximum absolute atomic E-state index is 12.5. The number of rotatable bonds is 5. The number of aryl methyl sites for hydroxylation is 3. The lowest BCUT2D eigenvalue weighted by molar-refractivity contribution is -0.112. The highest BCUT2D eigenvalue weighted by atomic mass is 16.1. The second-order valence-electron chi connectivity index (χ2n) is 6.42. The Bertz CT molecular complexity index is 866. The lowest BCUT2D eigenvalue weighted by Crippen LogP contribution is -2.14. The maximum Gasteiger partial charge on any atom is 0.266 e. The minimum Gasteiger partial charge on any atom is -0.349 e. The summed E-state index contributed by atoms with van der Waals surface area (Å²) in [5.74, 6) is -0.380. The van der Waals surface area contributed by atoms with Crippen molar-refractivity contribution in [2.24, 2.45) is 0 Å². The number of nitriles is 1. The molecule has 1 aromatic heterocycles. The normalized spacial score (nSPS) is 11.3. The van der Waals surface area contributed by atoms with Gasteiger partial charge in [0, 0.05) is 23.6 Å². The summed E-state index contributed by atoms with van der Waals surface area (Å²) in [6.07, 6.45) is 2.71. The molecule has 2 rings (SSSR count).